The van der Waals surface area contributed by atoms with E-state index in [1.807, 2.05) is 27.7 Å². The molecule has 2 atom stereocenters. The van der Waals surface area contributed by atoms with Gasteiger partial charge in [-0.05, 0) is 49.9 Å². The maximum absolute atomic E-state index is 4.84. The summed E-state index contributed by atoms with van der Waals surface area (Å²) in [5.74, 6) is 1.10. The predicted octanol–water partition coefficient (Wildman–Crippen LogP) is 4.36. The Morgan fingerprint density at radius 2 is 1.77 bits per heavy atom. The molecule has 3 saturated heterocycles. The fraction of sp³-hybridized carbons (Fsp3) is 0.621. The van der Waals surface area contributed by atoms with E-state index in [-0.39, 0.29) is 6.04 Å². The SMILES string of the molecule is C1=CC2=C(CC1)NC(c1ccc(N3CCNCC3)nc1)C=C2N1CCC2(CCNC2)C1.CC.CC. The van der Waals surface area contributed by atoms with Gasteiger partial charge >= 0.3 is 0 Å². The predicted molar refractivity (Wildman–Crippen MR) is 147 cm³/mol. The molecule has 1 spiro atoms. The van der Waals surface area contributed by atoms with Crippen molar-refractivity contribution in [3.63, 3.8) is 0 Å². The summed E-state index contributed by atoms with van der Waals surface area (Å²) in [5.41, 5.74) is 5.99. The maximum atomic E-state index is 4.84. The van der Waals surface area contributed by atoms with Gasteiger partial charge in [-0.1, -0.05) is 45.9 Å². The molecule has 0 bridgehead atoms. The molecule has 3 N–H and O–H groups in total. The minimum absolute atomic E-state index is 0.197. The Morgan fingerprint density at radius 1 is 0.943 bits per heavy atom. The van der Waals surface area contributed by atoms with E-state index in [2.05, 4.69) is 62.3 Å². The van der Waals surface area contributed by atoms with Crippen LogP contribution in [0.15, 0.2) is 53.5 Å². The lowest BCUT2D eigenvalue weighted by atomic mass is 9.86. The average Bonchev–Trinajstić information content (AvgIpc) is 3.60. The molecule has 35 heavy (non-hydrogen) atoms. The molecule has 1 aromatic rings. The van der Waals surface area contributed by atoms with Gasteiger partial charge in [0.2, 0.25) is 0 Å². The molecule has 0 amide bonds. The van der Waals surface area contributed by atoms with Crippen molar-refractivity contribution in [3.05, 3.63) is 59.1 Å². The first-order chi connectivity index (χ1) is 17.3. The van der Waals surface area contributed by atoms with Crippen molar-refractivity contribution in [1.82, 2.24) is 25.8 Å². The Hall–Kier alpha value is -2.31. The van der Waals surface area contributed by atoms with E-state index in [4.69, 9.17) is 4.98 Å². The third kappa shape index (κ3) is 5.59. The number of nitrogens with one attached hydrogen (secondary N) is 3. The van der Waals surface area contributed by atoms with Crippen LogP contribution in [0.3, 0.4) is 0 Å². The van der Waals surface area contributed by atoms with Crippen LogP contribution in [-0.4, -0.2) is 62.2 Å². The molecule has 0 saturated carbocycles. The highest BCUT2D eigenvalue weighted by Crippen LogP contribution is 2.42. The molecule has 0 aromatic carbocycles. The number of aromatic nitrogens is 1. The minimum Gasteiger partial charge on any atom is -0.377 e. The van der Waals surface area contributed by atoms with Crippen LogP contribution in [0.2, 0.25) is 0 Å². The number of hydrogen-bond acceptors (Lipinski definition) is 6. The number of anilines is 1. The van der Waals surface area contributed by atoms with Crippen molar-refractivity contribution < 1.29 is 0 Å². The monoisotopic (exact) mass is 478 g/mol. The number of nitrogens with zero attached hydrogens (tertiary/aromatic N) is 3. The van der Waals surface area contributed by atoms with Gasteiger partial charge in [0.1, 0.15) is 5.82 Å². The Balaban J connectivity index is 0.000000689. The molecule has 1 aliphatic carbocycles. The first kappa shape index (κ1) is 25.8. The van der Waals surface area contributed by atoms with Gasteiger partial charge in [-0.15, -0.1) is 0 Å². The minimum atomic E-state index is 0.197. The lowest BCUT2D eigenvalue weighted by Gasteiger charge is -2.35. The summed E-state index contributed by atoms with van der Waals surface area (Å²) in [6.07, 6.45) is 14.1. The van der Waals surface area contributed by atoms with Gasteiger partial charge in [-0.3, -0.25) is 0 Å². The molecule has 6 rings (SSSR count). The van der Waals surface area contributed by atoms with Crippen LogP contribution in [-0.2, 0) is 0 Å². The lowest BCUT2D eigenvalue weighted by molar-refractivity contribution is 0.313. The zero-order valence-corrected chi connectivity index (χ0v) is 22.4. The molecule has 6 nitrogen and oxygen atoms in total. The third-order valence-corrected chi connectivity index (χ3v) is 7.78. The van der Waals surface area contributed by atoms with Crippen molar-refractivity contribution in [2.45, 2.75) is 59.4 Å². The zero-order valence-electron chi connectivity index (χ0n) is 22.4. The summed E-state index contributed by atoms with van der Waals surface area (Å²) in [6, 6.07) is 4.67. The Kier molecular flexibility index (Phi) is 8.90. The molecule has 6 heteroatoms. The number of likely N-dealkylation sites (tertiary alicyclic amines) is 1. The van der Waals surface area contributed by atoms with E-state index in [0.717, 1.165) is 44.8 Å². The fourth-order valence-corrected chi connectivity index (χ4v) is 5.93. The van der Waals surface area contributed by atoms with E-state index in [1.165, 1.54) is 61.6 Å². The molecule has 0 radical (unpaired) electrons. The third-order valence-electron chi connectivity index (χ3n) is 7.78. The van der Waals surface area contributed by atoms with Crippen LogP contribution in [0.4, 0.5) is 5.82 Å². The van der Waals surface area contributed by atoms with Gasteiger partial charge in [-0.25, -0.2) is 4.98 Å². The first-order valence-electron chi connectivity index (χ1n) is 14.1. The van der Waals surface area contributed by atoms with Crippen LogP contribution in [0.5, 0.6) is 0 Å². The second-order valence-corrected chi connectivity index (χ2v) is 9.79. The average molecular weight is 479 g/mol. The van der Waals surface area contributed by atoms with Gasteiger partial charge in [0.05, 0.1) is 6.04 Å². The summed E-state index contributed by atoms with van der Waals surface area (Å²) < 4.78 is 0. The van der Waals surface area contributed by atoms with Crippen LogP contribution in [0, 0.1) is 5.41 Å². The summed E-state index contributed by atoms with van der Waals surface area (Å²) in [5, 5.41) is 10.9. The smallest absolute Gasteiger partial charge is 0.128 e. The molecule has 1 aromatic heterocycles. The van der Waals surface area contributed by atoms with Crippen molar-refractivity contribution in [2.75, 3.05) is 57.3 Å². The largest absolute Gasteiger partial charge is 0.377 e. The zero-order chi connectivity index (χ0) is 24.7. The Labute approximate surface area is 212 Å². The van der Waals surface area contributed by atoms with Gasteiger partial charge in [0, 0.05) is 74.4 Å². The van der Waals surface area contributed by atoms with E-state index in [1.54, 1.807) is 0 Å². The van der Waals surface area contributed by atoms with Crippen molar-refractivity contribution in [1.29, 1.82) is 0 Å². The number of piperazine rings is 1. The molecular formula is C29H46N6. The number of allylic oxidation sites excluding steroid dienone is 3. The van der Waals surface area contributed by atoms with E-state index >= 15 is 0 Å². The van der Waals surface area contributed by atoms with Crippen LogP contribution >= 0.6 is 0 Å². The number of rotatable bonds is 3. The van der Waals surface area contributed by atoms with Gasteiger partial charge < -0.3 is 25.8 Å². The summed E-state index contributed by atoms with van der Waals surface area (Å²) in [4.78, 5) is 9.88. The number of dihydropyridines is 1. The van der Waals surface area contributed by atoms with E-state index in [9.17, 15) is 0 Å². The molecule has 192 valence electrons. The number of pyridine rings is 1. The fourth-order valence-electron chi connectivity index (χ4n) is 5.93. The molecule has 4 aliphatic heterocycles. The summed E-state index contributed by atoms with van der Waals surface area (Å²) in [7, 11) is 0. The Morgan fingerprint density at radius 3 is 2.49 bits per heavy atom. The maximum Gasteiger partial charge on any atom is 0.128 e. The highest BCUT2D eigenvalue weighted by atomic mass is 15.2. The summed E-state index contributed by atoms with van der Waals surface area (Å²) in [6.45, 7) is 16.9. The number of hydrogen-bond donors (Lipinski definition) is 3. The van der Waals surface area contributed by atoms with Crippen molar-refractivity contribution in [3.8, 4) is 0 Å². The molecule has 5 heterocycles. The molecule has 2 unspecified atom stereocenters. The van der Waals surface area contributed by atoms with Crippen LogP contribution < -0.4 is 20.9 Å². The van der Waals surface area contributed by atoms with Crippen LogP contribution in [0.25, 0.3) is 0 Å². The standard InChI is InChI=1S/C25H34N6.2C2H6/c1-2-4-21-20(3-1)23(31-12-8-25(18-31)7-9-27-17-25)15-22(29-21)19-5-6-24(28-16-19)30-13-10-26-11-14-30;2*1-2/h1,3,5-6,15-16,22,26-27,29H,2,4,7-14,17-18H2;2*1-2H3. The van der Waals surface area contributed by atoms with Crippen molar-refractivity contribution >= 4 is 5.82 Å². The van der Waals surface area contributed by atoms with Gasteiger partial charge in [0.15, 0.2) is 0 Å². The topological polar surface area (TPSA) is 55.5 Å². The molecular weight excluding hydrogens is 432 g/mol. The quantitative estimate of drug-likeness (QED) is 0.600. The van der Waals surface area contributed by atoms with Gasteiger partial charge in [0.25, 0.3) is 0 Å². The lowest BCUT2D eigenvalue weighted by Crippen LogP contribution is -2.43. The van der Waals surface area contributed by atoms with Gasteiger partial charge in [-0.2, -0.15) is 0 Å². The second-order valence-electron chi connectivity index (χ2n) is 9.79. The van der Waals surface area contributed by atoms with Crippen LogP contribution in [0.1, 0.15) is 65.0 Å². The Bertz CT molecular complexity index is 904. The normalized spacial score (nSPS) is 27.4. The summed E-state index contributed by atoms with van der Waals surface area (Å²) >= 11 is 0. The second kappa shape index (κ2) is 12.1. The van der Waals surface area contributed by atoms with E-state index in [0.29, 0.717) is 5.41 Å². The first-order valence-corrected chi connectivity index (χ1v) is 14.1. The highest BCUT2D eigenvalue weighted by molar-refractivity contribution is 5.50. The molecule has 3 fully saturated rings. The highest BCUT2D eigenvalue weighted by Gasteiger charge is 2.42. The van der Waals surface area contributed by atoms with Crippen molar-refractivity contribution in [2.24, 2.45) is 5.41 Å². The molecule has 5 aliphatic rings. The van der Waals surface area contributed by atoms with E-state index < -0.39 is 0 Å².